The fourth-order valence-corrected chi connectivity index (χ4v) is 4.71. The Hall–Kier alpha value is -3.39. The molecule has 0 spiro atoms. The summed E-state index contributed by atoms with van der Waals surface area (Å²) in [6, 6.07) is 14.9. The highest BCUT2D eigenvalue weighted by Gasteiger charge is 2.34. The maximum Gasteiger partial charge on any atom is 0.407 e. The first-order valence-corrected chi connectivity index (χ1v) is 11.1. The summed E-state index contributed by atoms with van der Waals surface area (Å²) in [5.74, 6) is -1.65. The smallest absolute Gasteiger partial charge is 0.407 e. The highest BCUT2D eigenvalue weighted by Crippen LogP contribution is 2.44. The summed E-state index contributed by atoms with van der Waals surface area (Å²) in [6.45, 7) is 1.56. The molecule has 8 heteroatoms. The van der Waals surface area contributed by atoms with Crippen molar-refractivity contribution in [1.29, 1.82) is 0 Å². The lowest BCUT2D eigenvalue weighted by Gasteiger charge is -2.35. The standard InChI is InChI=1S/C25H28N2O6/c1-14(28)23(24(30)31)27-22(29)12-15-10-16(11-15)26-25(32)33-13-21-19-8-4-2-6-17(19)18-7-3-5-9-20(18)21/h2-9,14-16,21,23,28H,10-13H2,1H3,(H,26,32)(H,27,29)(H,30,31). The summed E-state index contributed by atoms with van der Waals surface area (Å²) < 4.78 is 5.55. The molecule has 4 rings (SSSR count). The molecule has 2 amide bonds. The third-order valence-corrected chi connectivity index (χ3v) is 6.44. The minimum absolute atomic E-state index is 0.00270. The third kappa shape index (κ3) is 5.01. The molecule has 0 heterocycles. The number of hydrogen-bond acceptors (Lipinski definition) is 5. The normalized spacial score (nSPS) is 20.5. The molecule has 0 aromatic heterocycles. The summed E-state index contributed by atoms with van der Waals surface area (Å²) in [5, 5.41) is 23.7. The zero-order chi connectivity index (χ0) is 23.5. The Balaban J connectivity index is 1.22. The van der Waals surface area contributed by atoms with E-state index in [0.717, 1.165) is 11.1 Å². The zero-order valence-corrected chi connectivity index (χ0v) is 18.4. The quantitative estimate of drug-likeness (QED) is 0.488. The minimum Gasteiger partial charge on any atom is -0.480 e. The monoisotopic (exact) mass is 452 g/mol. The number of carbonyl (C=O) groups excluding carboxylic acids is 2. The number of fused-ring (bicyclic) bond motifs is 3. The molecule has 8 nitrogen and oxygen atoms in total. The molecule has 1 fully saturated rings. The van der Waals surface area contributed by atoms with Gasteiger partial charge in [-0.2, -0.15) is 0 Å². The highest BCUT2D eigenvalue weighted by molar-refractivity contribution is 5.84. The van der Waals surface area contributed by atoms with Crippen molar-refractivity contribution < 1.29 is 29.3 Å². The molecule has 4 N–H and O–H groups in total. The maximum absolute atomic E-state index is 12.3. The van der Waals surface area contributed by atoms with Gasteiger partial charge >= 0.3 is 12.1 Å². The summed E-state index contributed by atoms with van der Waals surface area (Å²) in [5.41, 5.74) is 4.64. The van der Waals surface area contributed by atoms with Gasteiger partial charge in [0.05, 0.1) is 6.10 Å². The van der Waals surface area contributed by atoms with Crippen LogP contribution >= 0.6 is 0 Å². The molecule has 0 saturated heterocycles. The molecule has 2 atom stereocenters. The largest absolute Gasteiger partial charge is 0.480 e. The van der Waals surface area contributed by atoms with Crippen molar-refractivity contribution in [3.63, 3.8) is 0 Å². The number of carboxylic acids is 1. The van der Waals surface area contributed by atoms with E-state index in [4.69, 9.17) is 9.84 Å². The van der Waals surface area contributed by atoms with Gasteiger partial charge in [-0.15, -0.1) is 0 Å². The second-order valence-corrected chi connectivity index (χ2v) is 8.83. The summed E-state index contributed by atoms with van der Waals surface area (Å²) in [6.07, 6.45) is -0.284. The number of aliphatic hydroxyl groups is 1. The van der Waals surface area contributed by atoms with Crippen molar-refractivity contribution >= 4 is 18.0 Å². The fraction of sp³-hybridized carbons (Fsp3) is 0.400. The first-order chi connectivity index (χ1) is 15.8. The number of benzene rings is 2. The number of rotatable bonds is 8. The van der Waals surface area contributed by atoms with E-state index < -0.39 is 30.1 Å². The summed E-state index contributed by atoms with van der Waals surface area (Å²) in [4.78, 5) is 35.5. The lowest BCUT2D eigenvalue weighted by molar-refractivity contribution is -0.145. The molecule has 0 aliphatic heterocycles. The van der Waals surface area contributed by atoms with Gasteiger partial charge < -0.3 is 25.6 Å². The molecule has 0 radical (unpaired) electrons. The van der Waals surface area contributed by atoms with Gasteiger partial charge in [0.15, 0.2) is 6.04 Å². The number of hydrogen-bond donors (Lipinski definition) is 4. The first kappa shape index (κ1) is 22.8. The summed E-state index contributed by atoms with van der Waals surface area (Å²) in [7, 11) is 0. The van der Waals surface area contributed by atoms with Crippen LogP contribution in [0.25, 0.3) is 11.1 Å². The van der Waals surface area contributed by atoms with E-state index in [1.807, 2.05) is 24.3 Å². The van der Waals surface area contributed by atoms with E-state index in [2.05, 4.69) is 34.9 Å². The minimum atomic E-state index is -1.33. The van der Waals surface area contributed by atoms with E-state index in [9.17, 15) is 19.5 Å². The molecule has 0 bridgehead atoms. The number of carbonyl (C=O) groups is 3. The Morgan fingerprint density at radius 2 is 1.61 bits per heavy atom. The SMILES string of the molecule is CC(O)C(NC(=O)CC1CC(NC(=O)OCC2c3ccccc3-c3ccccc32)C1)C(=O)O. The first-order valence-electron chi connectivity index (χ1n) is 11.1. The third-order valence-electron chi connectivity index (χ3n) is 6.44. The van der Waals surface area contributed by atoms with Crippen molar-refractivity contribution in [2.45, 2.75) is 50.3 Å². The van der Waals surface area contributed by atoms with E-state index in [1.54, 1.807) is 0 Å². The van der Waals surface area contributed by atoms with Crippen LogP contribution in [-0.2, 0) is 14.3 Å². The van der Waals surface area contributed by atoms with Gasteiger partial charge in [-0.3, -0.25) is 4.79 Å². The van der Waals surface area contributed by atoms with Gasteiger partial charge in [-0.25, -0.2) is 9.59 Å². The number of carboxylic acid groups (broad SMARTS) is 1. The van der Waals surface area contributed by atoms with Crippen molar-refractivity contribution in [3.8, 4) is 11.1 Å². The number of nitrogens with one attached hydrogen (secondary N) is 2. The van der Waals surface area contributed by atoms with E-state index in [0.29, 0.717) is 12.8 Å². The molecular formula is C25H28N2O6. The summed E-state index contributed by atoms with van der Waals surface area (Å²) >= 11 is 0. The lowest BCUT2D eigenvalue weighted by Crippen LogP contribution is -2.50. The molecule has 2 aliphatic carbocycles. The molecule has 2 aromatic rings. The van der Waals surface area contributed by atoms with Crippen molar-refractivity contribution in [2.24, 2.45) is 5.92 Å². The van der Waals surface area contributed by atoms with Gasteiger partial charge in [-0.1, -0.05) is 48.5 Å². The van der Waals surface area contributed by atoms with Crippen LogP contribution in [0.2, 0.25) is 0 Å². The fourth-order valence-electron chi connectivity index (χ4n) is 4.71. The molecule has 2 aromatic carbocycles. The van der Waals surface area contributed by atoms with Crippen molar-refractivity contribution in [3.05, 3.63) is 59.7 Å². The van der Waals surface area contributed by atoms with Gasteiger partial charge in [0, 0.05) is 18.4 Å². The Kier molecular flexibility index (Phi) is 6.65. The van der Waals surface area contributed by atoms with Crippen LogP contribution in [-0.4, -0.2) is 53.0 Å². The molecule has 2 aliphatic rings. The number of aliphatic carboxylic acids is 1. The predicted octanol–water partition coefficient (Wildman–Crippen LogP) is 2.64. The predicted molar refractivity (Wildman–Crippen MR) is 121 cm³/mol. The van der Waals surface area contributed by atoms with E-state index >= 15 is 0 Å². The highest BCUT2D eigenvalue weighted by atomic mass is 16.5. The Labute approximate surface area is 192 Å². The molecular weight excluding hydrogens is 424 g/mol. The van der Waals surface area contributed by atoms with E-state index in [-0.39, 0.29) is 30.9 Å². The van der Waals surface area contributed by atoms with Crippen LogP contribution in [0, 0.1) is 5.92 Å². The van der Waals surface area contributed by atoms with Crippen LogP contribution in [0.1, 0.15) is 43.2 Å². The Morgan fingerprint density at radius 1 is 1.03 bits per heavy atom. The zero-order valence-electron chi connectivity index (χ0n) is 18.4. The molecule has 2 unspecified atom stereocenters. The lowest BCUT2D eigenvalue weighted by atomic mass is 9.78. The average Bonchev–Trinajstić information content (AvgIpc) is 3.08. The van der Waals surface area contributed by atoms with Crippen LogP contribution in [0.4, 0.5) is 4.79 Å². The second-order valence-electron chi connectivity index (χ2n) is 8.83. The van der Waals surface area contributed by atoms with Gasteiger partial charge in [-0.05, 0) is 47.9 Å². The second kappa shape index (κ2) is 9.62. The number of amides is 2. The molecule has 174 valence electrons. The topological polar surface area (TPSA) is 125 Å². The van der Waals surface area contributed by atoms with Gasteiger partial charge in [0.25, 0.3) is 0 Å². The molecule has 33 heavy (non-hydrogen) atoms. The average molecular weight is 453 g/mol. The molecule has 1 saturated carbocycles. The Morgan fingerprint density at radius 3 is 2.15 bits per heavy atom. The van der Waals surface area contributed by atoms with Gasteiger partial charge in [0.1, 0.15) is 6.61 Å². The number of aliphatic hydroxyl groups excluding tert-OH is 1. The Bertz CT molecular complexity index is 1000. The van der Waals surface area contributed by atoms with Crippen LogP contribution < -0.4 is 10.6 Å². The van der Waals surface area contributed by atoms with Crippen LogP contribution in [0.3, 0.4) is 0 Å². The van der Waals surface area contributed by atoms with Crippen LogP contribution in [0.15, 0.2) is 48.5 Å². The van der Waals surface area contributed by atoms with Crippen LogP contribution in [0.5, 0.6) is 0 Å². The van der Waals surface area contributed by atoms with Gasteiger partial charge in [0.2, 0.25) is 5.91 Å². The maximum atomic E-state index is 12.3. The van der Waals surface area contributed by atoms with E-state index in [1.165, 1.54) is 18.1 Å². The van der Waals surface area contributed by atoms with Crippen molar-refractivity contribution in [2.75, 3.05) is 6.61 Å². The number of ether oxygens (including phenoxy) is 1. The van der Waals surface area contributed by atoms with Crippen molar-refractivity contribution in [1.82, 2.24) is 10.6 Å². The number of alkyl carbamates (subject to hydrolysis) is 1.